The molecule has 0 spiro atoms. The molecule has 1 aliphatic rings. The quantitative estimate of drug-likeness (QED) is 0.767. The summed E-state index contributed by atoms with van der Waals surface area (Å²) in [6, 6.07) is 10.1. The highest BCUT2D eigenvalue weighted by Gasteiger charge is 2.37. The van der Waals surface area contributed by atoms with E-state index in [0.29, 0.717) is 26.2 Å². The number of ether oxygens (including phenoxy) is 2. The molecule has 1 aromatic carbocycles. The molecule has 1 saturated heterocycles. The van der Waals surface area contributed by atoms with Gasteiger partial charge in [-0.25, -0.2) is 9.97 Å². The van der Waals surface area contributed by atoms with Crippen molar-refractivity contribution in [1.29, 1.82) is 0 Å². The van der Waals surface area contributed by atoms with Gasteiger partial charge in [0.15, 0.2) is 5.79 Å². The molecular weight excluding hydrogens is 322 g/mol. The third-order valence-electron chi connectivity index (χ3n) is 4.24. The minimum Gasteiger partial charge on any atom is -0.369 e. The number of nitrogens with zero attached hydrogens (tertiary/aromatic N) is 2. The van der Waals surface area contributed by atoms with Gasteiger partial charge in [0.05, 0.1) is 23.4 Å². The second-order valence-electron chi connectivity index (χ2n) is 5.81. The minimum absolute atomic E-state index is 0.622. The Balaban J connectivity index is 1.51. The van der Waals surface area contributed by atoms with E-state index in [9.17, 15) is 0 Å². The van der Waals surface area contributed by atoms with E-state index in [1.165, 1.54) is 5.56 Å². The standard InChI is InChI=1S/C18H19N3O2S/c1-13-11-24-16-15(13)20-12-21-17(16)19-8-7-18(22-9-10-23-18)14-5-3-2-4-6-14/h2-6,11-12H,7-10H2,1H3,(H,19,20,21). The van der Waals surface area contributed by atoms with E-state index in [1.54, 1.807) is 17.7 Å². The van der Waals surface area contributed by atoms with Crippen molar-refractivity contribution in [3.63, 3.8) is 0 Å². The molecule has 1 N–H and O–H groups in total. The molecule has 124 valence electrons. The summed E-state index contributed by atoms with van der Waals surface area (Å²) in [4.78, 5) is 8.74. The molecule has 0 amide bonds. The lowest BCUT2D eigenvalue weighted by Gasteiger charge is -2.28. The van der Waals surface area contributed by atoms with Gasteiger partial charge in [0.1, 0.15) is 12.1 Å². The van der Waals surface area contributed by atoms with Crippen molar-refractivity contribution in [1.82, 2.24) is 9.97 Å². The number of fused-ring (bicyclic) bond motifs is 1. The topological polar surface area (TPSA) is 56.3 Å². The zero-order chi connectivity index (χ0) is 16.4. The first-order valence-electron chi connectivity index (χ1n) is 8.05. The van der Waals surface area contributed by atoms with Crippen molar-refractivity contribution in [3.8, 4) is 0 Å². The van der Waals surface area contributed by atoms with E-state index in [4.69, 9.17) is 9.47 Å². The van der Waals surface area contributed by atoms with E-state index in [0.717, 1.165) is 21.6 Å². The Labute approximate surface area is 144 Å². The van der Waals surface area contributed by atoms with E-state index >= 15 is 0 Å². The van der Waals surface area contributed by atoms with Gasteiger partial charge in [-0.15, -0.1) is 11.3 Å². The van der Waals surface area contributed by atoms with Crippen LogP contribution < -0.4 is 5.32 Å². The fraction of sp³-hybridized carbons (Fsp3) is 0.333. The Morgan fingerprint density at radius 3 is 2.75 bits per heavy atom. The summed E-state index contributed by atoms with van der Waals surface area (Å²) in [6.45, 7) is 4.02. The van der Waals surface area contributed by atoms with Gasteiger partial charge < -0.3 is 14.8 Å². The molecule has 0 unspecified atom stereocenters. The summed E-state index contributed by atoms with van der Waals surface area (Å²) >= 11 is 1.67. The van der Waals surface area contributed by atoms with Crippen molar-refractivity contribution in [2.45, 2.75) is 19.1 Å². The molecule has 6 heteroatoms. The fourth-order valence-electron chi connectivity index (χ4n) is 3.04. The molecule has 0 radical (unpaired) electrons. The number of anilines is 1. The van der Waals surface area contributed by atoms with Gasteiger partial charge in [-0.2, -0.15) is 0 Å². The van der Waals surface area contributed by atoms with Crippen LogP contribution in [0, 0.1) is 6.92 Å². The van der Waals surface area contributed by atoms with Crippen LogP contribution in [0.1, 0.15) is 17.5 Å². The van der Waals surface area contributed by atoms with E-state index < -0.39 is 5.79 Å². The van der Waals surface area contributed by atoms with Gasteiger partial charge in [-0.3, -0.25) is 0 Å². The van der Waals surface area contributed by atoms with Gasteiger partial charge >= 0.3 is 0 Å². The summed E-state index contributed by atoms with van der Waals surface area (Å²) in [5.74, 6) is 0.213. The molecule has 1 fully saturated rings. The molecule has 5 nitrogen and oxygen atoms in total. The summed E-state index contributed by atoms with van der Waals surface area (Å²) in [5, 5.41) is 5.53. The van der Waals surface area contributed by atoms with E-state index in [-0.39, 0.29) is 0 Å². The Hall–Kier alpha value is -2.02. The monoisotopic (exact) mass is 341 g/mol. The molecule has 3 heterocycles. The number of rotatable bonds is 5. The Bertz CT molecular complexity index is 829. The second kappa shape index (κ2) is 6.47. The predicted molar refractivity (Wildman–Crippen MR) is 95.3 cm³/mol. The molecule has 2 aromatic heterocycles. The largest absolute Gasteiger partial charge is 0.369 e. The zero-order valence-corrected chi connectivity index (χ0v) is 14.3. The molecule has 1 aliphatic heterocycles. The van der Waals surface area contributed by atoms with Crippen LogP contribution in [0.15, 0.2) is 42.0 Å². The van der Waals surface area contributed by atoms with Crippen LogP contribution in [0.5, 0.6) is 0 Å². The van der Waals surface area contributed by atoms with Crippen molar-refractivity contribution >= 4 is 27.4 Å². The average molecular weight is 341 g/mol. The lowest BCUT2D eigenvalue weighted by molar-refractivity contribution is -0.168. The number of hydrogen-bond acceptors (Lipinski definition) is 6. The minimum atomic E-state index is -0.661. The van der Waals surface area contributed by atoms with Gasteiger partial charge in [0.2, 0.25) is 0 Å². The van der Waals surface area contributed by atoms with E-state index in [1.807, 2.05) is 18.2 Å². The summed E-state index contributed by atoms with van der Waals surface area (Å²) < 4.78 is 13.0. The van der Waals surface area contributed by atoms with Gasteiger partial charge in [0, 0.05) is 18.5 Å². The molecule has 0 atom stereocenters. The first-order chi connectivity index (χ1) is 11.8. The normalized spacial score (nSPS) is 16.5. The van der Waals surface area contributed by atoms with Crippen LogP contribution in [-0.4, -0.2) is 29.7 Å². The predicted octanol–water partition coefficient (Wildman–Crippen LogP) is 3.70. The van der Waals surface area contributed by atoms with Crippen molar-refractivity contribution in [2.24, 2.45) is 0 Å². The SMILES string of the molecule is Cc1csc2c(NCCC3(c4ccccc4)OCCO3)ncnc12. The molecule has 0 saturated carbocycles. The average Bonchev–Trinajstić information content (AvgIpc) is 3.25. The highest BCUT2D eigenvalue weighted by atomic mass is 32.1. The number of aryl methyl sites for hydroxylation is 1. The van der Waals surface area contributed by atoms with Crippen molar-refractivity contribution in [3.05, 3.63) is 53.2 Å². The smallest absolute Gasteiger partial charge is 0.196 e. The van der Waals surface area contributed by atoms with Crippen LogP contribution in [-0.2, 0) is 15.3 Å². The van der Waals surface area contributed by atoms with Gasteiger partial charge in [-0.1, -0.05) is 30.3 Å². The molecule has 24 heavy (non-hydrogen) atoms. The highest BCUT2D eigenvalue weighted by molar-refractivity contribution is 7.18. The maximum absolute atomic E-state index is 5.96. The Morgan fingerprint density at radius 2 is 1.96 bits per heavy atom. The lowest BCUT2D eigenvalue weighted by atomic mass is 10.0. The van der Waals surface area contributed by atoms with Crippen molar-refractivity contribution in [2.75, 3.05) is 25.1 Å². The van der Waals surface area contributed by atoms with Crippen LogP contribution >= 0.6 is 11.3 Å². The number of nitrogens with one attached hydrogen (secondary N) is 1. The zero-order valence-electron chi connectivity index (χ0n) is 13.5. The molecular formula is C18H19N3O2S. The summed E-state index contributed by atoms with van der Waals surface area (Å²) in [5.41, 5.74) is 3.26. The maximum Gasteiger partial charge on any atom is 0.196 e. The van der Waals surface area contributed by atoms with Crippen LogP contribution in [0.25, 0.3) is 10.2 Å². The first kappa shape index (κ1) is 15.5. The maximum atomic E-state index is 5.96. The number of aromatic nitrogens is 2. The van der Waals surface area contributed by atoms with Crippen LogP contribution in [0.2, 0.25) is 0 Å². The van der Waals surface area contributed by atoms with Crippen LogP contribution in [0.4, 0.5) is 5.82 Å². The van der Waals surface area contributed by atoms with Crippen molar-refractivity contribution < 1.29 is 9.47 Å². The lowest BCUT2D eigenvalue weighted by Crippen LogP contribution is -2.30. The summed E-state index contributed by atoms with van der Waals surface area (Å²) in [6.07, 6.45) is 2.33. The Morgan fingerprint density at radius 1 is 1.17 bits per heavy atom. The number of benzene rings is 1. The fourth-order valence-corrected chi connectivity index (χ4v) is 4.01. The molecule has 0 aliphatic carbocycles. The van der Waals surface area contributed by atoms with Gasteiger partial charge in [-0.05, 0) is 17.9 Å². The third kappa shape index (κ3) is 2.77. The van der Waals surface area contributed by atoms with E-state index in [2.05, 4.69) is 39.7 Å². The second-order valence-corrected chi connectivity index (χ2v) is 6.69. The first-order valence-corrected chi connectivity index (χ1v) is 8.93. The number of hydrogen-bond donors (Lipinski definition) is 1. The van der Waals surface area contributed by atoms with Gasteiger partial charge in [0.25, 0.3) is 0 Å². The molecule has 3 aromatic rings. The van der Waals surface area contributed by atoms with Crippen LogP contribution in [0.3, 0.4) is 0 Å². The molecule has 0 bridgehead atoms. The highest BCUT2D eigenvalue weighted by Crippen LogP contribution is 2.35. The summed E-state index contributed by atoms with van der Waals surface area (Å²) in [7, 11) is 0. The Kier molecular flexibility index (Phi) is 4.18. The molecule has 4 rings (SSSR count). The third-order valence-corrected chi connectivity index (χ3v) is 5.34. The number of thiophene rings is 1.